The highest BCUT2D eigenvalue weighted by molar-refractivity contribution is 5.93. The number of anilines is 1. The summed E-state index contributed by atoms with van der Waals surface area (Å²) in [6.45, 7) is 0. The van der Waals surface area contributed by atoms with Crippen LogP contribution in [0.5, 0.6) is 0 Å². The quantitative estimate of drug-likeness (QED) is 0.594. The predicted octanol–water partition coefficient (Wildman–Crippen LogP) is 2.45. The summed E-state index contributed by atoms with van der Waals surface area (Å²) in [5, 5.41) is 7.49. The van der Waals surface area contributed by atoms with Gasteiger partial charge in [-0.05, 0) is 36.5 Å². The number of nitrogens with one attached hydrogen (secondary N) is 1. The second-order valence-electron chi connectivity index (χ2n) is 5.72. The molecule has 1 aliphatic carbocycles. The first-order valence-corrected chi connectivity index (χ1v) is 7.58. The fourth-order valence-corrected chi connectivity index (χ4v) is 2.97. The molecule has 1 saturated carbocycles. The fraction of sp³-hybridized carbons (Fsp3) is 0.375. The summed E-state index contributed by atoms with van der Waals surface area (Å²) >= 11 is 0. The standard InChI is InChI=1S/C16H20N6/c17-14(18)13-6-7-20-16(22-13)12-8-11(9-21-15(12)19)10-4-2-1-3-5-10/h6-10H,1-5H2,(H3,17,18)(H2,19,21). The van der Waals surface area contributed by atoms with Crippen molar-refractivity contribution in [2.24, 2.45) is 5.73 Å². The Bertz CT molecular complexity index is 691. The Morgan fingerprint density at radius 2 is 1.95 bits per heavy atom. The number of nitrogens with two attached hydrogens (primary N) is 2. The lowest BCUT2D eigenvalue weighted by Gasteiger charge is -2.22. The molecule has 0 unspecified atom stereocenters. The first-order valence-electron chi connectivity index (χ1n) is 7.58. The average Bonchev–Trinajstić information content (AvgIpc) is 2.56. The largest absolute Gasteiger partial charge is 0.383 e. The minimum absolute atomic E-state index is 0.0846. The molecule has 0 bridgehead atoms. The van der Waals surface area contributed by atoms with E-state index in [1.807, 2.05) is 12.3 Å². The van der Waals surface area contributed by atoms with Crippen LogP contribution in [-0.4, -0.2) is 20.8 Å². The molecular weight excluding hydrogens is 276 g/mol. The van der Waals surface area contributed by atoms with Crippen LogP contribution in [0.1, 0.15) is 49.3 Å². The molecule has 0 amide bonds. The summed E-state index contributed by atoms with van der Waals surface area (Å²) < 4.78 is 0. The van der Waals surface area contributed by atoms with E-state index in [1.54, 1.807) is 12.3 Å². The summed E-state index contributed by atoms with van der Waals surface area (Å²) in [6, 6.07) is 3.65. The molecule has 0 atom stereocenters. The van der Waals surface area contributed by atoms with E-state index < -0.39 is 0 Å². The van der Waals surface area contributed by atoms with E-state index in [1.165, 1.54) is 37.7 Å². The van der Waals surface area contributed by atoms with Crippen LogP contribution in [0.4, 0.5) is 5.82 Å². The van der Waals surface area contributed by atoms with Gasteiger partial charge in [-0.2, -0.15) is 0 Å². The van der Waals surface area contributed by atoms with Crippen LogP contribution in [0.25, 0.3) is 11.4 Å². The summed E-state index contributed by atoms with van der Waals surface area (Å²) in [6.07, 6.45) is 9.69. The van der Waals surface area contributed by atoms with E-state index in [9.17, 15) is 0 Å². The summed E-state index contributed by atoms with van der Waals surface area (Å²) in [5.74, 6) is 1.32. The molecule has 0 spiro atoms. The van der Waals surface area contributed by atoms with Gasteiger partial charge in [0.15, 0.2) is 5.82 Å². The predicted molar refractivity (Wildman–Crippen MR) is 86.5 cm³/mol. The van der Waals surface area contributed by atoms with E-state index in [0.29, 0.717) is 28.8 Å². The Morgan fingerprint density at radius 1 is 1.18 bits per heavy atom. The molecule has 0 radical (unpaired) electrons. The molecule has 1 fully saturated rings. The number of hydrogen-bond donors (Lipinski definition) is 3. The van der Waals surface area contributed by atoms with Gasteiger partial charge in [0.1, 0.15) is 17.3 Å². The molecule has 5 N–H and O–H groups in total. The summed E-state index contributed by atoms with van der Waals surface area (Å²) in [7, 11) is 0. The van der Waals surface area contributed by atoms with Crippen LogP contribution in [0.2, 0.25) is 0 Å². The Morgan fingerprint density at radius 3 is 2.68 bits per heavy atom. The summed E-state index contributed by atoms with van der Waals surface area (Å²) in [5.41, 5.74) is 13.8. The average molecular weight is 296 g/mol. The second kappa shape index (κ2) is 6.09. The van der Waals surface area contributed by atoms with Crippen LogP contribution < -0.4 is 11.5 Å². The van der Waals surface area contributed by atoms with Crippen LogP contribution in [-0.2, 0) is 0 Å². The van der Waals surface area contributed by atoms with Gasteiger partial charge in [-0.25, -0.2) is 15.0 Å². The van der Waals surface area contributed by atoms with Crippen LogP contribution >= 0.6 is 0 Å². The highest BCUT2D eigenvalue weighted by Gasteiger charge is 2.18. The maximum absolute atomic E-state index is 7.49. The lowest BCUT2D eigenvalue weighted by molar-refractivity contribution is 0.443. The van der Waals surface area contributed by atoms with Gasteiger partial charge in [-0.1, -0.05) is 19.3 Å². The lowest BCUT2D eigenvalue weighted by atomic mass is 9.84. The van der Waals surface area contributed by atoms with Gasteiger partial charge in [0.25, 0.3) is 0 Å². The van der Waals surface area contributed by atoms with Crippen molar-refractivity contribution in [2.75, 3.05) is 5.73 Å². The molecule has 2 aromatic rings. The van der Waals surface area contributed by atoms with Crippen molar-refractivity contribution in [3.63, 3.8) is 0 Å². The minimum atomic E-state index is -0.0846. The molecule has 0 aliphatic heterocycles. The van der Waals surface area contributed by atoms with Crippen molar-refractivity contribution in [1.29, 1.82) is 5.41 Å². The maximum atomic E-state index is 7.49. The van der Waals surface area contributed by atoms with Gasteiger partial charge in [-0.15, -0.1) is 0 Å². The first-order chi connectivity index (χ1) is 10.6. The number of aromatic nitrogens is 3. The number of rotatable bonds is 3. The molecule has 0 aromatic carbocycles. The number of nitrogens with zero attached hydrogens (tertiary/aromatic N) is 3. The third-order valence-electron chi connectivity index (χ3n) is 4.19. The Balaban J connectivity index is 1.99. The Hall–Kier alpha value is -2.50. The van der Waals surface area contributed by atoms with Crippen LogP contribution in [0.3, 0.4) is 0 Å². The van der Waals surface area contributed by atoms with Crippen LogP contribution in [0.15, 0.2) is 24.5 Å². The smallest absolute Gasteiger partial charge is 0.163 e. The van der Waals surface area contributed by atoms with Crippen molar-refractivity contribution in [3.8, 4) is 11.4 Å². The number of pyridine rings is 1. The van der Waals surface area contributed by atoms with Crippen molar-refractivity contribution in [3.05, 3.63) is 35.8 Å². The van der Waals surface area contributed by atoms with Crippen molar-refractivity contribution < 1.29 is 0 Å². The van der Waals surface area contributed by atoms with Gasteiger partial charge in [0.2, 0.25) is 0 Å². The zero-order valence-corrected chi connectivity index (χ0v) is 12.4. The topological polar surface area (TPSA) is 115 Å². The minimum Gasteiger partial charge on any atom is -0.383 e. The molecule has 3 rings (SSSR count). The molecule has 0 saturated heterocycles. The zero-order chi connectivity index (χ0) is 15.5. The molecule has 114 valence electrons. The molecule has 2 heterocycles. The maximum Gasteiger partial charge on any atom is 0.163 e. The number of nitrogen functional groups attached to an aromatic ring is 2. The van der Waals surface area contributed by atoms with Gasteiger partial charge in [0.05, 0.1) is 5.56 Å². The van der Waals surface area contributed by atoms with Crippen molar-refractivity contribution in [2.45, 2.75) is 38.0 Å². The van der Waals surface area contributed by atoms with Crippen molar-refractivity contribution in [1.82, 2.24) is 15.0 Å². The highest BCUT2D eigenvalue weighted by Crippen LogP contribution is 2.34. The first kappa shape index (κ1) is 14.4. The van der Waals surface area contributed by atoms with E-state index >= 15 is 0 Å². The Labute approximate surface area is 129 Å². The summed E-state index contributed by atoms with van der Waals surface area (Å²) in [4.78, 5) is 12.9. The third kappa shape index (κ3) is 2.90. The van der Waals surface area contributed by atoms with Crippen molar-refractivity contribution >= 4 is 11.7 Å². The molecule has 6 nitrogen and oxygen atoms in total. The number of amidine groups is 1. The van der Waals surface area contributed by atoms with E-state index in [0.717, 1.165) is 0 Å². The highest BCUT2D eigenvalue weighted by atomic mass is 14.9. The lowest BCUT2D eigenvalue weighted by Crippen LogP contribution is -2.14. The van der Waals surface area contributed by atoms with Crippen LogP contribution in [0, 0.1) is 5.41 Å². The van der Waals surface area contributed by atoms with Gasteiger partial charge >= 0.3 is 0 Å². The van der Waals surface area contributed by atoms with E-state index in [2.05, 4.69) is 15.0 Å². The van der Waals surface area contributed by atoms with Gasteiger partial charge in [-0.3, -0.25) is 5.41 Å². The van der Waals surface area contributed by atoms with Gasteiger partial charge < -0.3 is 11.5 Å². The Kier molecular flexibility index (Phi) is 4.00. The molecular formula is C16H20N6. The molecule has 1 aliphatic rings. The SMILES string of the molecule is N=C(N)c1ccnc(-c2cc(C3CCCCC3)cnc2N)n1. The van der Waals surface area contributed by atoms with Gasteiger partial charge in [0, 0.05) is 12.4 Å². The zero-order valence-electron chi connectivity index (χ0n) is 12.4. The third-order valence-corrected chi connectivity index (χ3v) is 4.19. The monoisotopic (exact) mass is 296 g/mol. The molecule has 2 aromatic heterocycles. The molecule has 6 heteroatoms. The fourth-order valence-electron chi connectivity index (χ4n) is 2.97. The second-order valence-corrected chi connectivity index (χ2v) is 5.72. The molecule has 22 heavy (non-hydrogen) atoms. The normalized spacial score (nSPS) is 15.6. The van der Waals surface area contributed by atoms with E-state index in [4.69, 9.17) is 16.9 Å². The van der Waals surface area contributed by atoms with E-state index in [-0.39, 0.29) is 5.84 Å². The number of hydrogen-bond acceptors (Lipinski definition) is 5.